The number of hydrogen-bond donors (Lipinski definition) is 2. The van der Waals surface area contributed by atoms with Gasteiger partial charge in [-0.15, -0.1) is 11.8 Å². The lowest BCUT2D eigenvalue weighted by Crippen LogP contribution is -2.41. The van der Waals surface area contributed by atoms with Crippen LogP contribution in [0.2, 0.25) is 0 Å². The highest BCUT2D eigenvalue weighted by Crippen LogP contribution is 2.15. The summed E-state index contributed by atoms with van der Waals surface area (Å²) >= 11 is 1.77. The molecule has 1 aliphatic rings. The second-order valence-corrected chi connectivity index (χ2v) is 5.27. The molecule has 4 heteroatoms. The quantitative estimate of drug-likeness (QED) is 0.617. The second kappa shape index (κ2) is 6.67. The topological polar surface area (TPSA) is 41.1 Å². The molecule has 2 N–H and O–H groups in total. The molecule has 1 unspecified atom stereocenters. The summed E-state index contributed by atoms with van der Waals surface area (Å²) in [6.45, 7) is 1.70. The van der Waals surface area contributed by atoms with E-state index in [-0.39, 0.29) is 11.9 Å². The van der Waals surface area contributed by atoms with Crippen LogP contribution in [0.5, 0.6) is 0 Å². The van der Waals surface area contributed by atoms with Crippen LogP contribution in [-0.4, -0.2) is 30.8 Å². The first-order chi connectivity index (χ1) is 8.36. The molecule has 1 saturated heterocycles. The van der Waals surface area contributed by atoms with Crippen LogP contribution < -0.4 is 10.6 Å². The third-order valence-corrected chi connectivity index (χ3v) is 3.80. The van der Waals surface area contributed by atoms with Crippen molar-refractivity contribution in [2.45, 2.75) is 23.8 Å². The van der Waals surface area contributed by atoms with E-state index in [1.807, 2.05) is 18.2 Å². The van der Waals surface area contributed by atoms with Crippen molar-refractivity contribution in [2.75, 3.05) is 18.8 Å². The van der Waals surface area contributed by atoms with E-state index in [2.05, 4.69) is 22.8 Å². The molecule has 92 valence electrons. The highest BCUT2D eigenvalue weighted by Gasteiger charge is 2.20. The molecule has 2 rings (SSSR count). The lowest BCUT2D eigenvalue weighted by molar-refractivity contribution is -0.122. The minimum absolute atomic E-state index is 0.0386. The number of carbonyl (C=O) groups excluding carboxylic acids is 1. The van der Waals surface area contributed by atoms with Crippen molar-refractivity contribution in [3.63, 3.8) is 0 Å². The maximum atomic E-state index is 11.7. The van der Waals surface area contributed by atoms with Gasteiger partial charge in [0, 0.05) is 17.2 Å². The van der Waals surface area contributed by atoms with Crippen LogP contribution in [0.25, 0.3) is 0 Å². The smallest absolute Gasteiger partial charge is 0.237 e. The molecular weight excluding hydrogens is 232 g/mol. The van der Waals surface area contributed by atoms with Crippen molar-refractivity contribution < 1.29 is 4.79 Å². The SMILES string of the molecule is O=C(NCCSc1ccccc1)C1CCCN1. The largest absolute Gasteiger partial charge is 0.354 e. The Balaban J connectivity index is 1.61. The molecule has 1 aromatic carbocycles. The summed E-state index contributed by atoms with van der Waals surface area (Å²) in [5, 5.41) is 6.17. The fourth-order valence-electron chi connectivity index (χ4n) is 1.89. The Labute approximate surface area is 106 Å². The van der Waals surface area contributed by atoms with Crippen LogP contribution in [0.15, 0.2) is 35.2 Å². The van der Waals surface area contributed by atoms with Crippen LogP contribution in [0.4, 0.5) is 0 Å². The summed E-state index contributed by atoms with van der Waals surface area (Å²) in [7, 11) is 0. The third-order valence-electron chi connectivity index (χ3n) is 2.79. The first kappa shape index (κ1) is 12.5. The maximum Gasteiger partial charge on any atom is 0.237 e. The average Bonchev–Trinajstić information content (AvgIpc) is 2.89. The van der Waals surface area contributed by atoms with E-state index in [0.717, 1.165) is 31.7 Å². The van der Waals surface area contributed by atoms with Crippen LogP contribution in [-0.2, 0) is 4.79 Å². The Kier molecular flexibility index (Phi) is 4.88. The zero-order valence-corrected chi connectivity index (χ0v) is 10.6. The average molecular weight is 250 g/mol. The summed E-state index contributed by atoms with van der Waals surface area (Å²) in [5.41, 5.74) is 0. The van der Waals surface area contributed by atoms with Crippen molar-refractivity contribution in [3.05, 3.63) is 30.3 Å². The molecule has 3 nitrogen and oxygen atoms in total. The summed E-state index contributed by atoms with van der Waals surface area (Å²) < 4.78 is 0. The second-order valence-electron chi connectivity index (χ2n) is 4.10. The minimum Gasteiger partial charge on any atom is -0.354 e. The molecule has 1 aromatic rings. The van der Waals surface area contributed by atoms with Crippen LogP contribution in [0.1, 0.15) is 12.8 Å². The third kappa shape index (κ3) is 4.06. The number of amides is 1. The fourth-order valence-corrected chi connectivity index (χ4v) is 2.68. The summed E-state index contributed by atoms with van der Waals surface area (Å²) in [6.07, 6.45) is 2.08. The molecule has 17 heavy (non-hydrogen) atoms. The molecule has 0 radical (unpaired) electrons. The first-order valence-electron chi connectivity index (χ1n) is 6.05. The predicted octanol–water partition coefficient (Wildman–Crippen LogP) is 1.65. The summed E-state index contributed by atoms with van der Waals surface area (Å²) in [5.74, 6) is 1.07. The predicted molar refractivity (Wildman–Crippen MR) is 71.2 cm³/mol. The van der Waals surface area contributed by atoms with Gasteiger partial charge in [0.1, 0.15) is 0 Å². The van der Waals surface area contributed by atoms with E-state index < -0.39 is 0 Å². The maximum absolute atomic E-state index is 11.7. The number of nitrogens with one attached hydrogen (secondary N) is 2. The van der Waals surface area contributed by atoms with E-state index >= 15 is 0 Å². The van der Waals surface area contributed by atoms with E-state index in [0.29, 0.717) is 0 Å². The van der Waals surface area contributed by atoms with Gasteiger partial charge in [-0.3, -0.25) is 4.79 Å². The van der Waals surface area contributed by atoms with Gasteiger partial charge in [0.15, 0.2) is 0 Å². The molecule has 0 spiro atoms. The van der Waals surface area contributed by atoms with Gasteiger partial charge in [-0.05, 0) is 31.5 Å². The lowest BCUT2D eigenvalue weighted by atomic mass is 10.2. The van der Waals surface area contributed by atoms with Gasteiger partial charge in [-0.2, -0.15) is 0 Å². The van der Waals surface area contributed by atoms with E-state index in [9.17, 15) is 4.79 Å². The fraction of sp³-hybridized carbons (Fsp3) is 0.462. The molecule has 0 aromatic heterocycles. The van der Waals surface area contributed by atoms with Crippen molar-refractivity contribution >= 4 is 17.7 Å². The monoisotopic (exact) mass is 250 g/mol. The van der Waals surface area contributed by atoms with Crippen molar-refractivity contribution in [2.24, 2.45) is 0 Å². The Morgan fingerprint density at radius 3 is 2.94 bits per heavy atom. The van der Waals surface area contributed by atoms with Crippen molar-refractivity contribution in [1.29, 1.82) is 0 Å². The Morgan fingerprint density at radius 1 is 1.41 bits per heavy atom. The van der Waals surface area contributed by atoms with Gasteiger partial charge >= 0.3 is 0 Å². The van der Waals surface area contributed by atoms with Crippen molar-refractivity contribution in [3.8, 4) is 0 Å². The molecule has 1 heterocycles. The molecule has 1 amide bonds. The molecule has 1 atom stereocenters. The number of benzene rings is 1. The van der Waals surface area contributed by atoms with Crippen LogP contribution in [0, 0.1) is 0 Å². The number of hydrogen-bond acceptors (Lipinski definition) is 3. The molecule has 1 aliphatic heterocycles. The zero-order chi connectivity index (χ0) is 11.9. The number of rotatable bonds is 5. The molecule has 0 saturated carbocycles. The molecule has 1 fully saturated rings. The van der Waals surface area contributed by atoms with Gasteiger partial charge in [-0.25, -0.2) is 0 Å². The normalized spacial score (nSPS) is 19.2. The number of carbonyl (C=O) groups is 1. The van der Waals surface area contributed by atoms with Crippen LogP contribution in [0.3, 0.4) is 0 Å². The van der Waals surface area contributed by atoms with E-state index in [4.69, 9.17) is 0 Å². The Bertz CT molecular complexity index is 350. The molecule has 0 bridgehead atoms. The minimum atomic E-state index is 0.0386. The van der Waals surface area contributed by atoms with Crippen molar-refractivity contribution in [1.82, 2.24) is 10.6 Å². The van der Waals surface area contributed by atoms with Gasteiger partial charge in [0.25, 0.3) is 0 Å². The zero-order valence-electron chi connectivity index (χ0n) is 9.82. The first-order valence-corrected chi connectivity index (χ1v) is 7.04. The Hall–Kier alpha value is -1.00. The van der Waals surface area contributed by atoms with E-state index in [1.54, 1.807) is 11.8 Å². The molecular formula is C13H18N2OS. The summed E-state index contributed by atoms with van der Waals surface area (Å²) in [6, 6.07) is 10.3. The Morgan fingerprint density at radius 2 is 2.24 bits per heavy atom. The lowest BCUT2D eigenvalue weighted by Gasteiger charge is -2.10. The highest BCUT2D eigenvalue weighted by atomic mass is 32.2. The number of thioether (sulfide) groups is 1. The van der Waals surface area contributed by atoms with Gasteiger partial charge in [-0.1, -0.05) is 18.2 Å². The van der Waals surface area contributed by atoms with Gasteiger partial charge in [0.05, 0.1) is 6.04 Å². The summed E-state index contributed by atoms with van der Waals surface area (Å²) in [4.78, 5) is 12.9. The van der Waals surface area contributed by atoms with E-state index in [1.165, 1.54) is 4.90 Å². The highest BCUT2D eigenvalue weighted by molar-refractivity contribution is 7.99. The van der Waals surface area contributed by atoms with Gasteiger partial charge in [0.2, 0.25) is 5.91 Å². The molecule has 0 aliphatic carbocycles. The van der Waals surface area contributed by atoms with Crippen LogP contribution >= 0.6 is 11.8 Å². The standard InChI is InChI=1S/C13H18N2OS/c16-13(12-7-4-8-14-12)15-9-10-17-11-5-2-1-3-6-11/h1-3,5-6,12,14H,4,7-10H2,(H,15,16). The van der Waals surface area contributed by atoms with Gasteiger partial charge < -0.3 is 10.6 Å².